The number of nitrogens with zero attached hydrogens (tertiary/aromatic N) is 2. The first-order valence-corrected chi connectivity index (χ1v) is 9.95. The molecule has 3 amide bonds. The Morgan fingerprint density at radius 2 is 1.86 bits per heavy atom. The van der Waals surface area contributed by atoms with Crippen LogP contribution in [-0.4, -0.2) is 55.1 Å². The van der Waals surface area contributed by atoms with Crippen molar-refractivity contribution in [3.63, 3.8) is 0 Å². The molecule has 2 aliphatic heterocycles. The second-order valence-corrected chi connectivity index (χ2v) is 8.58. The van der Waals surface area contributed by atoms with E-state index in [0.717, 1.165) is 4.90 Å². The number of carbonyl (C=O) groups excluding carboxylic acids is 3. The highest BCUT2D eigenvalue weighted by atomic mass is 79.9. The van der Waals surface area contributed by atoms with Crippen LogP contribution in [0.1, 0.15) is 18.9 Å². The van der Waals surface area contributed by atoms with E-state index in [4.69, 9.17) is 17.3 Å². The quantitative estimate of drug-likeness (QED) is 0.471. The van der Waals surface area contributed by atoms with Crippen LogP contribution in [0.2, 0.25) is 0 Å². The number of carboxylic acid groups (broad SMARTS) is 2. The fraction of sp³-hybridized carbons (Fsp3) is 0.176. The molecule has 0 bridgehead atoms. The van der Waals surface area contributed by atoms with E-state index >= 15 is 0 Å². The lowest BCUT2D eigenvalue weighted by Gasteiger charge is -2.21. The van der Waals surface area contributed by atoms with Crippen LogP contribution < -0.4 is 4.90 Å². The van der Waals surface area contributed by atoms with E-state index in [9.17, 15) is 29.1 Å². The summed E-state index contributed by atoms with van der Waals surface area (Å²) in [7, 11) is 0. The summed E-state index contributed by atoms with van der Waals surface area (Å²) in [5, 5.41) is 18.3. The van der Waals surface area contributed by atoms with Crippen LogP contribution in [0.25, 0.3) is 5.57 Å². The van der Waals surface area contributed by atoms with Crippen molar-refractivity contribution in [3.05, 3.63) is 33.1 Å². The van der Waals surface area contributed by atoms with Gasteiger partial charge in [0.2, 0.25) is 5.91 Å². The number of anilines is 1. The number of thiocarbonyl (C=S) groups is 1. The van der Waals surface area contributed by atoms with E-state index in [1.54, 1.807) is 12.1 Å². The highest BCUT2D eigenvalue weighted by Gasteiger charge is 2.47. The number of carbonyl (C=O) groups is 5. The largest absolute Gasteiger partial charge is 0.481 e. The third-order valence-electron chi connectivity index (χ3n) is 4.19. The molecule has 0 spiro atoms. The number of hydrogen-bond donors (Lipinski definition) is 2. The summed E-state index contributed by atoms with van der Waals surface area (Å²) >= 11 is 9.07. The standard InChI is InChI=1S/C17H11BrN2O7S2/c1-6(21)19-9-3-2-7(18)4-8(9)12(14(19)24)13-15(25)20(17(28)29-13)10(16(26)27)5-11(22)23/h2-4,10H,5H2,1H3,(H,22,23)(H,26,27)/b13-12-/t10-/m0/s1. The van der Waals surface area contributed by atoms with Gasteiger partial charge >= 0.3 is 11.9 Å². The molecule has 1 aromatic carbocycles. The van der Waals surface area contributed by atoms with E-state index < -0.39 is 42.1 Å². The Morgan fingerprint density at radius 1 is 1.21 bits per heavy atom. The predicted molar refractivity (Wildman–Crippen MR) is 110 cm³/mol. The Balaban J connectivity index is 2.16. The number of imide groups is 1. The summed E-state index contributed by atoms with van der Waals surface area (Å²) in [5.74, 6) is -5.16. The summed E-state index contributed by atoms with van der Waals surface area (Å²) in [6.07, 6.45) is -0.861. The lowest BCUT2D eigenvalue weighted by molar-refractivity contribution is -0.150. The van der Waals surface area contributed by atoms with Crippen LogP contribution in [0, 0.1) is 0 Å². The fourth-order valence-electron chi connectivity index (χ4n) is 3.03. The molecule has 12 heteroatoms. The highest BCUT2D eigenvalue weighted by molar-refractivity contribution is 9.10. The number of thioether (sulfide) groups is 1. The predicted octanol–water partition coefficient (Wildman–Crippen LogP) is 1.84. The van der Waals surface area contributed by atoms with Crippen LogP contribution in [0.4, 0.5) is 5.69 Å². The molecule has 2 N–H and O–H groups in total. The van der Waals surface area contributed by atoms with Crippen molar-refractivity contribution in [1.29, 1.82) is 0 Å². The van der Waals surface area contributed by atoms with Crippen molar-refractivity contribution in [2.75, 3.05) is 4.90 Å². The van der Waals surface area contributed by atoms with Crippen LogP contribution in [0.5, 0.6) is 0 Å². The number of halogens is 1. The lowest BCUT2D eigenvalue weighted by atomic mass is 10.1. The minimum Gasteiger partial charge on any atom is -0.481 e. The average molecular weight is 499 g/mol. The number of benzene rings is 1. The summed E-state index contributed by atoms with van der Waals surface area (Å²) < 4.78 is 0.411. The van der Waals surface area contributed by atoms with Crippen LogP contribution >= 0.6 is 39.9 Å². The molecule has 2 heterocycles. The molecule has 0 aromatic heterocycles. The van der Waals surface area contributed by atoms with Crippen molar-refractivity contribution < 1.29 is 34.2 Å². The molecule has 2 aliphatic rings. The summed E-state index contributed by atoms with van der Waals surface area (Å²) in [4.78, 5) is 61.9. The molecule has 150 valence electrons. The topological polar surface area (TPSA) is 132 Å². The molecule has 0 aliphatic carbocycles. The third kappa shape index (κ3) is 3.58. The summed E-state index contributed by atoms with van der Waals surface area (Å²) in [6.45, 7) is 1.20. The van der Waals surface area contributed by atoms with Gasteiger partial charge in [0, 0.05) is 17.0 Å². The number of aliphatic carboxylic acids is 2. The molecule has 1 saturated heterocycles. The zero-order chi connectivity index (χ0) is 21.6. The lowest BCUT2D eigenvalue weighted by Crippen LogP contribution is -2.45. The van der Waals surface area contributed by atoms with Gasteiger partial charge in [0.15, 0.2) is 0 Å². The van der Waals surface area contributed by atoms with Gasteiger partial charge < -0.3 is 10.2 Å². The SMILES string of the molecule is CC(=O)N1C(=O)/C(=C2\SC(=S)N([C@@H](CC(=O)O)C(=O)O)C2=O)c2cc(Br)ccc21. The van der Waals surface area contributed by atoms with Crippen LogP contribution in [0.15, 0.2) is 27.6 Å². The van der Waals surface area contributed by atoms with E-state index in [-0.39, 0.29) is 20.5 Å². The van der Waals surface area contributed by atoms with Gasteiger partial charge in [-0.1, -0.05) is 39.9 Å². The highest BCUT2D eigenvalue weighted by Crippen LogP contribution is 2.46. The number of fused-ring (bicyclic) bond motifs is 1. The number of carboxylic acids is 2. The third-order valence-corrected chi connectivity index (χ3v) is 6.09. The number of rotatable bonds is 4. The van der Waals surface area contributed by atoms with Gasteiger partial charge in [0.05, 0.1) is 22.6 Å². The maximum atomic E-state index is 13.0. The molecule has 1 fully saturated rings. The molecule has 1 aromatic rings. The van der Waals surface area contributed by atoms with Crippen molar-refractivity contribution in [3.8, 4) is 0 Å². The zero-order valence-corrected chi connectivity index (χ0v) is 17.8. The second-order valence-electron chi connectivity index (χ2n) is 6.02. The summed E-state index contributed by atoms with van der Waals surface area (Å²) in [5.41, 5.74) is 0.507. The van der Waals surface area contributed by atoms with Gasteiger partial charge in [0.1, 0.15) is 10.4 Å². The first-order chi connectivity index (χ1) is 13.5. The van der Waals surface area contributed by atoms with Crippen LogP contribution in [-0.2, 0) is 24.0 Å². The monoisotopic (exact) mass is 498 g/mol. The Labute approximate surface area is 181 Å². The van der Waals surface area contributed by atoms with E-state index in [2.05, 4.69) is 15.9 Å². The Kier molecular flexibility index (Phi) is 5.61. The minimum absolute atomic E-state index is 0.0872. The molecular formula is C17H11BrN2O7S2. The molecule has 3 rings (SSSR count). The first-order valence-electron chi connectivity index (χ1n) is 7.93. The van der Waals surface area contributed by atoms with Gasteiger partial charge in [-0.2, -0.15) is 0 Å². The second kappa shape index (κ2) is 7.69. The Hall–Kier alpha value is -2.57. The molecule has 9 nitrogen and oxygen atoms in total. The average Bonchev–Trinajstić information content (AvgIpc) is 3.04. The normalized spacial score (nSPS) is 19.6. The van der Waals surface area contributed by atoms with Crippen LogP contribution in [0.3, 0.4) is 0 Å². The van der Waals surface area contributed by atoms with Gasteiger partial charge in [0.25, 0.3) is 11.8 Å². The molecular weight excluding hydrogens is 488 g/mol. The van der Waals surface area contributed by atoms with Gasteiger partial charge in [-0.05, 0) is 18.2 Å². The van der Waals surface area contributed by atoms with E-state index in [1.165, 1.54) is 13.0 Å². The Bertz CT molecular complexity index is 1050. The molecule has 0 radical (unpaired) electrons. The summed E-state index contributed by atoms with van der Waals surface area (Å²) in [6, 6.07) is 3.00. The van der Waals surface area contributed by atoms with Gasteiger partial charge in [-0.3, -0.25) is 24.1 Å². The maximum Gasteiger partial charge on any atom is 0.327 e. The fourth-order valence-corrected chi connectivity index (χ4v) is 4.81. The molecule has 1 atom stereocenters. The smallest absolute Gasteiger partial charge is 0.327 e. The van der Waals surface area contributed by atoms with Crippen molar-refractivity contribution in [2.45, 2.75) is 19.4 Å². The maximum absolute atomic E-state index is 13.0. The van der Waals surface area contributed by atoms with Crippen molar-refractivity contribution in [2.24, 2.45) is 0 Å². The molecule has 29 heavy (non-hydrogen) atoms. The van der Waals surface area contributed by atoms with E-state index in [1.807, 2.05) is 0 Å². The molecule has 0 unspecified atom stereocenters. The van der Waals surface area contributed by atoms with Crippen molar-refractivity contribution in [1.82, 2.24) is 4.90 Å². The minimum atomic E-state index is -1.72. The zero-order valence-electron chi connectivity index (χ0n) is 14.5. The van der Waals surface area contributed by atoms with Gasteiger partial charge in [-0.15, -0.1) is 0 Å². The van der Waals surface area contributed by atoms with Gasteiger partial charge in [-0.25, -0.2) is 9.69 Å². The van der Waals surface area contributed by atoms with E-state index in [0.29, 0.717) is 26.7 Å². The number of hydrogen-bond acceptors (Lipinski definition) is 7. The first kappa shape index (κ1) is 21.1. The van der Waals surface area contributed by atoms with Crippen molar-refractivity contribution >= 4 is 85.2 Å². The number of amides is 3. The Morgan fingerprint density at radius 3 is 2.41 bits per heavy atom. The molecule has 0 saturated carbocycles.